The van der Waals surface area contributed by atoms with Gasteiger partial charge >= 0.3 is 0 Å². The van der Waals surface area contributed by atoms with Gasteiger partial charge in [-0.2, -0.15) is 12.6 Å². The molecule has 1 unspecified atom stereocenters. The lowest BCUT2D eigenvalue weighted by Crippen LogP contribution is -2.30. The number of aryl methyl sites for hydroxylation is 1. The van der Waals surface area contributed by atoms with Crippen LogP contribution in [0.5, 0.6) is 0 Å². The van der Waals surface area contributed by atoms with Crippen LogP contribution < -0.4 is 5.32 Å². The molecule has 0 aliphatic carbocycles. The standard InChI is InChI=1S/C12H17NOS/c1-10(15)12(14)13-9-5-8-11-6-3-2-4-7-11/h2-4,6-7,10,15H,5,8-9H2,1H3,(H,13,14). The van der Waals surface area contributed by atoms with Crippen LogP contribution in [0.3, 0.4) is 0 Å². The molecule has 82 valence electrons. The van der Waals surface area contributed by atoms with E-state index in [2.05, 4.69) is 30.1 Å². The lowest BCUT2D eigenvalue weighted by Gasteiger charge is -2.06. The van der Waals surface area contributed by atoms with Crippen molar-refractivity contribution in [3.8, 4) is 0 Å². The molecule has 0 aromatic heterocycles. The minimum Gasteiger partial charge on any atom is -0.355 e. The highest BCUT2D eigenvalue weighted by Gasteiger charge is 2.05. The predicted octanol–water partition coefficient (Wildman–Crippen LogP) is 2.05. The fourth-order valence-corrected chi connectivity index (χ4v) is 1.39. The average molecular weight is 223 g/mol. The van der Waals surface area contributed by atoms with Gasteiger partial charge in [-0.1, -0.05) is 30.3 Å². The van der Waals surface area contributed by atoms with Crippen LogP contribution in [0.25, 0.3) is 0 Å². The van der Waals surface area contributed by atoms with E-state index in [1.165, 1.54) is 5.56 Å². The molecule has 0 heterocycles. The zero-order valence-corrected chi connectivity index (χ0v) is 9.84. The van der Waals surface area contributed by atoms with Gasteiger partial charge in [0.1, 0.15) is 0 Å². The van der Waals surface area contributed by atoms with E-state index in [4.69, 9.17) is 0 Å². The Balaban J connectivity index is 2.15. The molecule has 1 aromatic rings. The van der Waals surface area contributed by atoms with E-state index in [1.54, 1.807) is 6.92 Å². The van der Waals surface area contributed by atoms with Gasteiger partial charge in [-0.3, -0.25) is 4.79 Å². The molecular weight excluding hydrogens is 206 g/mol. The molecule has 0 bridgehead atoms. The van der Waals surface area contributed by atoms with Gasteiger partial charge in [0.2, 0.25) is 5.91 Å². The van der Waals surface area contributed by atoms with E-state index in [9.17, 15) is 4.79 Å². The number of thiol groups is 1. The third kappa shape index (κ3) is 4.88. The SMILES string of the molecule is CC(S)C(=O)NCCCc1ccccc1. The molecule has 0 aliphatic heterocycles. The summed E-state index contributed by atoms with van der Waals surface area (Å²) in [7, 11) is 0. The van der Waals surface area contributed by atoms with Crippen LogP contribution in [0, 0.1) is 0 Å². The highest BCUT2D eigenvalue weighted by molar-refractivity contribution is 7.81. The number of hydrogen-bond acceptors (Lipinski definition) is 2. The first-order valence-corrected chi connectivity index (χ1v) is 5.71. The van der Waals surface area contributed by atoms with Crippen LogP contribution in [-0.2, 0) is 11.2 Å². The maximum atomic E-state index is 11.2. The van der Waals surface area contributed by atoms with Crippen LogP contribution >= 0.6 is 12.6 Å². The van der Waals surface area contributed by atoms with Gasteiger partial charge in [-0.15, -0.1) is 0 Å². The Labute approximate surface area is 96.5 Å². The zero-order valence-electron chi connectivity index (χ0n) is 8.94. The minimum absolute atomic E-state index is 0.00592. The molecule has 0 fully saturated rings. The average Bonchev–Trinajstić information content (AvgIpc) is 2.25. The largest absolute Gasteiger partial charge is 0.355 e. The minimum atomic E-state index is -0.221. The van der Waals surface area contributed by atoms with Gasteiger partial charge in [0.25, 0.3) is 0 Å². The first kappa shape index (κ1) is 12.1. The Morgan fingerprint density at radius 1 is 1.40 bits per heavy atom. The maximum Gasteiger partial charge on any atom is 0.232 e. The highest BCUT2D eigenvalue weighted by Crippen LogP contribution is 2.01. The van der Waals surface area contributed by atoms with Crippen molar-refractivity contribution in [3.05, 3.63) is 35.9 Å². The molecule has 0 radical (unpaired) electrons. The number of nitrogens with one attached hydrogen (secondary N) is 1. The van der Waals surface area contributed by atoms with E-state index >= 15 is 0 Å². The quantitative estimate of drug-likeness (QED) is 0.580. The van der Waals surface area contributed by atoms with Crippen molar-refractivity contribution < 1.29 is 4.79 Å². The van der Waals surface area contributed by atoms with Crippen molar-refractivity contribution in [2.45, 2.75) is 25.0 Å². The van der Waals surface area contributed by atoms with Crippen LogP contribution in [0.15, 0.2) is 30.3 Å². The first-order chi connectivity index (χ1) is 7.20. The summed E-state index contributed by atoms with van der Waals surface area (Å²) in [6, 6.07) is 10.3. The zero-order chi connectivity index (χ0) is 11.1. The fourth-order valence-electron chi connectivity index (χ4n) is 1.30. The summed E-state index contributed by atoms with van der Waals surface area (Å²) in [4.78, 5) is 11.2. The third-order valence-electron chi connectivity index (χ3n) is 2.16. The molecule has 1 amide bonds. The number of rotatable bonds is 5. The Morgan fingerprint density at radius 3 is 2.67 bits per heavy atom. The second kappa shape index (κ2) is 6.51. The summed E-state index contributed by atoms with van der Waals surface area (Å²) in [5.41, 5.74) is 1.31. The van der Waals surface area contributed by atoms with Crippen LogP contribution in [0.4, 0.5) is 0 Å². The molecule has 0 saturated carbocycles. The van der Waals surface area contributed by atoms with Gasteiger partial charge in [0.05, 0.1) is 5.25 Å². The smallest absolute Gasteiger partial charge is 0.232 e. The first-order valence-electron chi connectivity index (χ1n) is 5.20. The molecule has 15 heavy (non-hydrogen) atoms. The summed E-state index contributed by atoms with van der Waals surface area (Å²) in [5.74, 6) is 0.00592. The van der Waals surface area contributed by atoms with E-state index in [1.807, 2.05) is 18.2 Å². The van der Waals surface area contributed by atoms with Crippen molar-refractivity contribution in [3.63, 3.8) is 0 Å². The van der Waals surface area contributed by atoms with E-state index in [0.29, 0.717) is 0 Å². The molecule has 1 atom stereocenters. The molecule has 1 N–H and O–H groups in total. The van der Waals surface area contributed by atoms with Gasteiger partial charge in [-0.05, 0) is 25.3 Å². The van der Waals surface area contributed by atoms with Crippen molar-refractivity contribution in [1.82, 2.24) is 5.32 Å². The Morgan fingerprint density at radius 2 is 2.07 bits per heavy atom. The van der Waals surface area contributed by atoms with E-state index in [-0.39, 0.29) is 11.2 Å². The normalized spacial score (nSPS) is 12.1. The van der Waals surface area contributed by atoms with Crippen LogP contribution in [-0.4, -0.2) is 17.7 Å². The Kier molecular flexibility index (Phi) is 5.26. The topological polar surface area (TPSA) is 29.1 Å². The number of carbonyl (C=O) groups excluding carboxylic acids is 1. The number of benzene rings is 1. The van der Waals surface area contributed by atoms with Crippen LogP contribution in [0.2, 0.25) is 0 Å². The summed E-state index contributed by atoms with van der Waals surface area (Å²) in [6.45, 7) is 2.49. The summed E-state index contributed by atoms with van der Waals surface area (Å²) in [6.07, 6.45) is 1.97. The molecule has 2 nitrogen and oxygen atoms in total. The summed E-state index contributed by atoms with van der Waals surface area (Å²) >= 11 is 4.05. The predicted molar refractivity (Wildman–Crippen MR) is 66.2 cm³/mol. The number of hydrogen-bond donors (Lipinski definition) is 2. The maximum absolute atomic E-state index is 11.2. The van der Waals surface area contributed by atoms with Gasteiger partial charge in [0.15, 0.2) is 0 Å². The molecule has 0 spiro atoms. The lowest BCUT2D eigenvalue weighted by molar-refractivity contribution is -0.120. The second-order valence-corrected chi connectivity index (χ2v) is 4.33. The molecule has 1 rings (SSSR count). The van der Waals surface area contributed by atoms with Gasteiger partial charge in [0, 0.05) is 6.54 Å². The van der Waals surface area contributed by atoms with Crippen molar-refractivity contribution in [2.24, 2.45) is 0 Å². The lowest BCUT2D eigenvalue weighted by atomic mass is 10.1. The van der Waals surface area contributed by atoms with Crippen molar-refractivity contribution in [1.29, 1.82) is 0 Å². The van der Waals surface area contributed by atoms with Gasteiger partial charge in [-0.25, -0.2) is 0 Å². The molecule has 3 heteroatoms. The Hall–Kier alpha value is -0.960. The third-order valence-corrected chi connectivity index (χ3v) is 2.40. The van der Waals surface area contributed by atoms with E-state index in [0.717, 1.165) is 19.4 Å². The van der Waals surface area contributed by atoms with E-state index < -0.39 is 0 Å². The molecular formula is C12H17NOS. The molecule has 1 aromatic carbocycles. The number of carbonyl (C=O) groups is 1. The van der Waals surface area contributed by atoms with Crippen LogP contribution in [0.1, 0.15) is 18.9 Å². The van der Waals surface area contributed by atoms with Gasteiger partial charge < -0.3 is 5.32 Å². The Bertz CT molecular complexity index is 298. The summed E-state index contributed by atoms with van der Waals surface area (Å²) < 4.78 is 0. The molecule has 0 saturated heterocycles. The highest BCUT2D eigenvalue weighted by atomic mass is 32.1. The second-order valence-electron chi connectivity index (χ2n) is 3.56. The fraction of sp³-hybridized carbons (Fsp3) is 0.417. The molecule has 0 aliphatic rings. The van der Waals surface area contributed by atoms with Crippen molar-refractivity contribution >= 4 is 18.5 Å². The summed E-state index contributed by atoms with van der Waals surface area (Å²) in [5, 5.41) is 2.62. The number of amides is 1. The van der Waals surface area contributed by atoms with Crippen molar-refractivity contribution in [2.75, 3.05) is 6.54 Å². The monoisotopic (exact) mass is 223 g/mol.